The molecule has 4 nitrogen and oxygen atoms in total. The number of hydrogen-bond acceptors (Lipinski definition) is 4. The normalized spacial score (nSPS) is 11.9. The molecular formula is C12H16ClN3OS. The zero-order valence-corrected chi connectivity index (χ0v) is 11.9. The fraction of sp³-hybridized carbons (Fsp3) is 0.333. The maximum Gasteiger partial charge on any atom is 0.241 e. The van der Waals surface area contributed by atoms with E-state index in [0.29, 0.717) is 6.42 Å². The van der Waals surface area contributed by atoms with Crippen molar-refractivity contribution in [3.8, 4) is 0 Å². The van der Waals surface area contributed by atoms with Gasteiger partial charge in [0.2, 0.25) is 5.91 Å². The van der Waals surface area contributed by atoms with Gasteiger partial charge < -0.3 is 11.1 Å². The van der Waals surface area contributed by atoms with Crippen LogP contribution in [0.15, 0.2) is 18.2 Å². The van der Waals surface area contributed by atoms with Crippen molar-refractivity contribution in [2.45, 2.75) is 26.3 Å². The summed E-state index contributed by atoms with van der Waals surface area (Å²) in [6.07, 6.45) is 0.633. The van der Waals surface area contributed by atoms with E-state index in [0.717, 1.165) is 20.9 Å². The van der Waals surface area contributed by atoms with Crippen molar-refractivity contribution >= 4 is 45.6 Å². The summed E-state index contributed by atoms with van der Waals surface area (Å²) in [5.74, 6) is -0.145. The highest BCUT2D eigenvalue weighted by atomic mass is 35.5. The Balaban J connectivity index is 0.00000162. The predicted octanol–water partition coefficient (Wildman–Crippen LogP) is 2.70. The van der Waals surface area contributed by atoms with E-state index in [2.05, 4.69) is 10.3 Å². The van der Waals surface area contributed by atoms with Crippen molar-refractivity contribution in [3.63, 3.8) is 0 Å². The SMILES string of the molecule is CC[C@H](N)C(=O)Nc1ccc2nc(C)sc2c1.Cl. The summed E-state index contributed by atoms with van der Waals surface area (Å²) in [4.78, 5) is 16.0. The quantitative estimate of drug-likeness (QED) is 0.911. The third-order valence-corrected chi connectivity index (χ3v) is 3.47. The lowest BCUT2D eigenvalue weighted by molar-refractivity contribution is -0.117. The molecule has 1 aromatic heterocycles. The van der Waals surface area contributed by atoms with E-state index in [1.165, 1.54) is 0 Å². The molecule has 98 valence electrons. The molecule has 1 atom stereocenters. The van der Waals surface area contributed by atoms with Crippen LogP contribution in [0.4, 0.5) is 5.69 Å². The second kappa shape index (κ2) is 6.13. The van der Waals surface area contributed by atoms with Crippen LogP contribution in [0.2, 0.25) is 0 Å². The number of carbonyl (C=O) groups is 1. The summed E-state index contributed by atoms with van der Waals surface area (Å²) in [5, 5.41) is 3.83. The molecule has 0 bridgehead atoms. The van der Waals surface area contributed by atoms with Crippen LogP contribution >= 0.6 is 23.7 Å². The van der Waals surface area contributed by atoms with E-state index in [-0.39, 0.29) is 18.3 Å². The Labute approximate surface area is 116 Å². The molecule has 3 N–H and O–H groups in total. The Hall–Kier alpha value is -1.17. The number of halogens is 1. The zero-order chi connectivity index (χ0) is 12.4. The molecule has 1 heterocycles. The number of nitrogens with one attached hydrogen (secondary N) is 1. The molecule has 0 saturated carbocycles. The lowest BCUT2D eigenvalue weighted by Gasteiger charge is -2.09. The highest BCUT2D eigenvalue weighted by Gasteiger charge is 2.11. The summed E-state index contributed by atoms with van der Waals surface area (Å²) in [7, 11) is 0. The average Bonchev–Trinajstić information content (AvgIpc) is 2.67. The molecule has 0 aliphatic heterocycles. The first kappa shape index (κ1) is 14.9. The van der Waals surface area contributed by atoms with Gasteiger partial charge in [-0.05, 0) is 31.5 Å². The van der Waals surface area contributed by atoms with Gasteiger partial charge >= 0.3 is 0 Å². The molecule has 0 aliphatic carbocycles. The Morgan fingerprint density at radius 3 is 2.94 bits per heavy atom. The number of aryl methyl sites for hydroxylation is 1. The monoisotopic (exact) mass is 285 g/mol. The van der Waals surface area contributed by atoms with E-state index >= 15 is 0 Å². The second-order valence-electron chi connectivity index (χ2n) is 3.92. The van der Waals surface area contributed by atoms with E-state index in [1.807, 2.05) is 32.0 Å². The third-order valence-electron chi connectivity index (χ3n) is 2.54. The molecule has 0 saturated heterocycles. The summed E-state index contributed by atoms with van der Waals surface area (Å²) in [5.41, 5.74) is 7.40. The van der Waals surface area contributed by atoms with Crippen LogP contribution in [0.25, 0.3) is 10.2 Å². The lowest BCUT2D eigenvalue weighted by atomic mass is 10.2. The Morgan fingerprint density at radius 2 is 2.28 bits per heavy atom. The number of aromatic nitrogens is 1. The van der Waals surface area contributed by atoms with Gasteiger partial charge in [0.1, 0.15) is 0 Å². The second-order valence-corrected chi connectivity index (χ2v) is 5.15. The zero-order valence-electron chi connectivity index (χ0n) is 10.3. The molecule has 1 aromatic carbocycles. The van der Waals surface area contributed by atoms with Crippen LogP contribution in [0.1, 0.15) is 18.4 Å². The first-order valence-corrected chi connectivity index (χ1v) is 6.35. The summed E-state index contributed by atoms with van der Waals surface area (Å²) in [6.45, 7) is 3.86. The highest BCUT2D eigenvalue weighted by Crippen LogP contribution is 2.24. The van der Waals surface area contributed by atoms with Gasteiger partial charge in [0.25, 0.3) is 0 Å². The number of amides is 1. The number of carbonyl (C=O) groups excluding carboxylic acids is 1. The number of nitrogens with two attached hydrogens (primary N) is 1. The van der Waals surface area contributed by atoms with E-state index < -0.39 is 6.04 Å². The number of rotatable bonds is 3. The number of anilines is 1. The highest BCUT2D eigenvalue weighted by molar-refractivity contribution is 7.18. The molecule has 2 aromatic rings. The van der Waals surface area contributed by atoms with Crippen molar-refractivity contribution in [3.05, 3.63) is 23.2 Å². The smallest absolute Gasteiger partial charge is 0.241 e. The van der Waals surface area contributed by atoms with E-state index in [4.69, 9.17) is 5.73 Å². The number of fused-ring (bicyclic) bond motifs is 1. The molecule has 0 unspecified atom stereocenters. The summed E-state index contributed by atoms with van der Waals surface area (Å²) >= 11 is 1.61. The average molecular weight is 286 g/mol. The van der Waals surface area contributed by atoms with Gasteiger partial charge in [0.05, 0.1) is 21.3 Å². The fourth-order valence-corrected chi connectivity index (χ4v) is 2.40. The van der Waals surface area contributed by atoms with Crippen LogP contribution in [-0.2, 0) is 4.79 Å². The summed E-state index contributed by atoms with van der Waals surface area (Å²) < 4.78 is 1.07. The molecule has 0 spiro atoms. The molecule has 0 radical (unpaired) electrons. The van der Waals surface area contributed by atoms with Gasteiger partial charge in [0.15, 0.2) is 0 Å². The largest absolute Gasteiger partial charge is 0.325 e. The van der Waals surface area contributed by atoms with E-state index in [9.17, 15) is 4.79 Å². The van der Waals surface area contributed by atoms with Crippen molar-refractivity contribution in [2.24, 2.45) is 5.73 Å². The molecule has 6 heteroatoms. The standard InChI is InChI=1S/C12H15N3OS.ClH/c1-3-9(13)12(16)15-8-4-5-10-11(6-8)17-7(2)14-10;/h4-6,9H,3,13H2,1-2H3,(H,15,16);1H/t9-;/m0./s1. The Kier molecular flexibility index (Phi) is 5.07. The van der Waals surface area contributed by atoms with Crippen LogP contribution in [-0.4, -0.2) is 16.9 Å². The summed E-state index contributed by atoms with van der Waals surface area (Å²) in [6, 6.07) is 5.24. The number of hydrogen-bond donors (Lipinski definition) is 2. The topological polar surface area (TPSA) is 68.0 Å². The number of thiazole rings is 1. The molecule has 18 heavy (non-hydrogen) atoms. The molecule has 1 amide bonds. The van der Waals surface area contributed by atoms with Crippen LogP contribution < -0.4 is 11.1 Å². The maximum absolute atomic E-state index is 11.6. The lowest BCUT2D eigenvalue weighted by Crippen LogP contribution is -2.34. The molecule has 2 rings (SSSR count). The molecule has 0 aliphatic rings. The van der Waals surface area contributed by atoms with E-state index in [1.54, 1.807) is 11.3 Å². The van der Waals surface area contributed by atoms with Gasteiger partial charge in [-0.25, -0.2) is 4.98 Å². The fourth-order valence-electron chi connectivity index (χ4n) is 1.54. The molecule has 0 fully saturated rings. The third kappa shape index (κ3) is 3.19. The van der Waals surface area contributed by atoms with Crippen molar-refractivity contribution in [2.75, 3.05) is 5.32 Å². The number of nitrogens with zero attached hydrogens (tertiary/aromatic N) is 1. The van der Waals surface area contributed by atoms with Gasteiger partial charge in [-0.15, -0.1) is 23.7 Å². The number of benzene rings is 1. The van der Waals surface area contributed by atoms with Gasteiger partial charge in [-0.1, -0.05) is 6.92 Å². The predicted molar refractivity (Wildman–Crippen MR) is 78.5 cm³/mol. The van der Waals surface area contributed by atoms with Crippen molar-refractivity contribution in [1.82, 2.24) is 4.98 Å². The van der Waals surface area contributed by atoms with Crippen LogP contribution in [0.5, 0.6) is 0 Å². The minimum absolute atomic E-state index is 0. The Bertz CT molecular complexity index is 555. The minimum atomic E-state index is -0.450. The first-order valence-electron chi connectivity index (χ1n) is 5.53. The first-order chi connectivity index (χ1) is 8.10. The van der Waals surface area contributed by atoms with Crippen LogP contribution in [0, 0.1) is 6.92 Å². The van der Waals surface area contributed by atoms with Crippen molar-refractivity contribution < 1.29 is 4.79 Å². The van der Waals surface area contributed by atoms with Gasteiger partial charge in [-0.3, -0.25) is 4.79 Å². The van der Waals surface area contributed by atoms with Crippen LogP contribution in [0.3, 0.4) is 0 Å². The minimum Gasteiger partial charge on any atom is -0.325 e. The van der Waals surface area contributed by atoms with Gasteiger partial charge in [0, 0.05) is 5.69 Å². The molecular weight excluding hydrogens is 270 g/mol. The van der Waals surface area contributed by atoms with Crippen molar-refractivity contribution in [1.29, 1.82) is 0 Å². The van der Waals surface area contributed by atoms with Gasteiger partial charge in [-0.2, -0.15) is 0 Å². The Morgan fingerprint density at radius 1 is 1.56 bits per heavy atom. The maximum atomic E-state index is 11.6.